The molecule has 1 aromatic heterocycles. The minimum absolute atomic E-state index is 0.00202. The van der Waals surface area contributed by atoms with E-state index in [2.05, 4.69) is 10.3 Å². The molecule has 6 heteroatoms. The lowest BCUT2D eigenvalue weighted by atomic mass is 9.95. The number of fused-ring (bicyclic) bond motifs is 1. The van der Waals surface area contributed by atoms with E-state index in [0.717, 1.165) is 34.4 Å². The van der Waals surface area contributed by atoms with Crippen molar-refractivity contribution in [2.45, 2.75) is 18.3 Å². The summed E-state index contributed by atoms with van der Waals surface area (Å²) >= 11 is 7.44. The number of amides is 1. The van der Waals surface area contributed by atoms with Gasteiger partial charge in [-0.1, -0.05) is 35.1 Å². The number of thiazole rings is 1. The standard InChI is InChI=1S/C18H15ClN2O2S/c1-23-13-5-2-11(3-6-13)18(8-9-18)16(22)21-17-20-14-7-4-12(19)10-15(14)24-17/h2-7,10H,8-9H2,1H3,(H,20,21,22). The maximum atomic E-state index is 12.8. The Morgan fingerprint density at radius 3 is 2.67 bits per heavy atom. The lowest BCUT2D eigenvalue weighted by molar-refractivity contribution is -0.118. The van der Waals surface area contributed by atoms with Gasteiger partial charge in [-0.05, 0) is 48.7 Å². The van der Waals surface area contributed by atoms with E-state index in [0.29, 0.717) is 10.2 Å². The van der Waals surface area contributed by atoms with Crippen molar-refractivity contribution in [2.75, 3.05) is 12.4 Å². The summed E-state index contributed by atoms with van der Waals surface area (Å²) in [6, 6.07) is 13.2. The highest BCUT2D eigenvalue weighted by molar-refractivity contribution is 7.22. The molecule has 0 unspecified atom stereocenters. The number of nitrogens with one attached hydrogen (secondary N) is 1. The molecular weight excluding hydrogens is 344 g/mol. The highest BCUT2D eigenvalue weighted by Crippen LogP contribution is 2.49. The van der Waals surface area contributed by atoms with Crippen LogP contribution >= 0.6 is 22.9 Å². The molecule has 0 aliphatic heterocycles. The molecule has 0 bridgehead atoms. The molecule has 1 fully saturated rings. The summed E-state index contributed by atoms with van der Waals surface area (Å²) in [5.74, 6) is 0.788. The van der Waals surface area contributed by atoms with Gasteiger partial charge in [0, 0.05) is 5.02 Å². The first-order valence-electron chi connectivity index (χ1n) is 7.63. The Morgan fingerprint density at radius 2 is 2.00 bits per heavy atom. The van der Waals surface area contributed by atoms with Gasteiger partial charge in [-0.2, -0.15) is 0 Å². The number of hydrogen-bond donors (Lipinski definition) is 1. The van der Waals surface area contributed by atoms with Crippen LogP contribution in [0.1, 0.15) is 18.4 Å². The fourth-order valence-corrected chi connectivity index (χ4v) is 3.99. The number of methoxy groups -OCH3 is 1. The van der Waals surface area contributed by atoms with Crippen molar-refractivity contribution in [1.82, 2.24) is 4.98 Å². The van der Waals surface area contributed by atoms with E-state index in [1.165, 1.54) is 11.3 Å². The minimum Gasteiger partial charge on any atom is -0.497 e. The molecule has 1 amide bonds. The second-order valence-corrected chi connectivity index (χ2v) is 7.36. The summed E-state index contributed by atoms with van der Waals surface area (Å²) in [6.45, 7) is 0. The van der Waals surface area contributed by atoms with Crippen LogP contribution in [-0.2, 0) is 10.2 Å². The van der Waals surface area contributed by atoms with Crippen LogP contribution in [0.4, 0.5) is 5.13 Å². The number of halogens is 1. The van der Waals surface area contributed by atoms with Gasteiger partial charge in [-0.15, -0.1) is 0 Å². The summed E-state index contributed by atoms with van der Waals surface area (Å²) in [4.78, 5) is 17.3. The molecule has 1 N–H and O–H groups in total. The number of carbonyl (C=O) groups is 1. The molecule has 1 heterocycles. The quantitative estimate of drug-likeness (QED) is 0.739. The molecule has 0 atom stereocenters. The maximum Gasteiger partial charge on any atom is 0.236 e. The number of benzene rings is 2. The van der Waals surface area contributed by atoms with Crippen molar-refractivity contribution in [3.8, 4) is 5.75 Å². The summed E-state index contributed by atoms with van der Waals surface area (Å²) in [7, 11) is 1.63. The van der Waals surface area contributed by atoms with Crippen LogP contribution in [-0.4, -0.2) is 18.0 Å². The molecule has 0 spiro atoms. The van der Waals surface area contributed by atoms with Crippen LogP contribution in [0.3, 0.4) is 0 Å². The summed E-state index contributed by atoms with van der Waals surface area (Å²) in [5.41, 5.74) is 1.42. The van der Waals surface area contributed by atoms with Gasteiger partial charge >= 0.3 is 0 Å². The van der Waals surface area contributed by atoms with Crippen molar-refractivity contribution < 1.29 is 9.53 Å². The van der Waals surface area contributed by atoms with Gasteiger partial charge in [0.25, 0.3) is 0 Å². The average molecular weight is 359 g/mol. The van der Waals surface area contributed by atoms with E-state index >= 15 is 0 Å². The van der Waals surface area contributed by atoms with Crippen LogP contribution in [0.5, 0.6) is 5.75 Å². The highest BCUT2D eigenvalue weighted by Gasteiger charge is 2.51. The average Bonchev–Trinajstić information content (AvgIpc) is 3.31. The normalized spacial score (nSPS) is 15.2. The third-order valence-corrected chi connectivity index (χ3v) is 5.57. The molecule has 0 radical (unpaired) electrons. The number of nitrogens with zero attached hydrogens (tertiary/aromatic N) is 1. The molecule has 3 aromatic rings. The third kappa shape index (κ3) is 2.64. The van der Waals surface area contributed by atoms with Gasteiger partial charge in [-0.3, -0.25) is 4.79 Å². The number of ether oxygens (including phenoxy) is 1. The lowest BCUT2D eigenvalue weighted by Crippen LogP contribution is -2.27. The molecule has 24 heavy (non-hydrogen) atoms. The van der Waals surface area contributed by atoms with Crippen LogP contribution in [0.25, 0.3) is 10.2 Å². The Hall–Kier alpha value is -2.11. The van der Waals surface area contributed by atoms with Gasteiger partial charge in [0.15, 0.2) is 5.13 Å². The van der Waals surface area contributed by atoms with Crippen LogP contribution < -0.4 is 10.1 Å². The summed E-state index contributed by atoms with van der Waals surface area (Å²) in [5, 5.41) is 4.25. The van der Waals surface area contributed by atoms with Crippen molar-refractivity contribution in [3.63, 3.8) is 0 Å². The largest absolute Gasteiger partial charge is 0.497 e. The zero-order valence-electron chi connectivity index (χ0n) is 13.0. The first kappa shape index (κ1) is 15.4. The van der Waals surface area contributed by atoms with E-state index < -0.39 is 5.41 Å². The molecule has 0 saturated heterocycles. The molecule has 2 aromatic carbocycles. The molecule has 1 aliphatic rings. The second kappa shape index (κ2) is 5.76. The second-order valence-electron chi connectivity index (χ2n) is 5.90. The van der Waals surface area contributed by atoms with Crippen LogP contribution in [0.2, 0.25) is 5.02 Å². The third-order valence-electron chi connectivity index (χ3n) is 4.40. The molecule has 4 nitrogen and oxygen atoms in total. The van der Waals surface area contributed by atoms with Gasteiger partial charge in [0.05, 0.1) is 22.7 Å². The maximum absolute atomic E-state index is 12.8. The zero-order valence-corrected chi connectivity index (χ0v) is 14.6. The topological polar surface area (TPSA) is 51.2 Å². The molecule has 122 valence electrons. The van der Waals surface area contributed by atoms with Crippen molar-refractivity contribution >= 4 is 44.2 Å². The first-order valence-corrected chi connectivity index (χ1v) is 8.82. The van der Waals surface area contributed by atoms with E-state index in [9.17, 15) is 4.79 Å². The van der Waals surface area contributed by atoms with Crippen LogP contribution in [0, 0.1) is 0 Å². The Labute approximate surface area is 148 Å². The fraction of sp³-hybridized carbons (Fsp3) is 0.222. The van der Waals surface area contributed by atoms with Crippen LogP contribution in [0.15, 0.2) is 42.5 Å². The first-order chi connectivity index (χ1) is 11.6. The fourth-order valence-electron chi connectivity index (χ4n) is 2.85. The number of anilines is 1. The number of hydrogen-bond acceptors (Lipinski definition) is 4. The van der Waals surface area contributed by atoms with Gasteiger partial charge < -0.3 is 10.1 Å². The zero-order chi connectivity index (χ0) is 16.7. The Bertz CT molecular complexity index is 916. The Balaban J connectivity index is 1.58. The molecule has 1 aliphatic carbocycles. The Morgan fingerprint density at radius 1 is 1.25 bits per heavy atom. The van der Waals surface area contributed by atoms with Crippen molar-refractivity contribution in [2.24, 2.45) is 0 Å². The van der Waals surface area contributed by atoms with E-state index in [4.69, 9.17) is 16.3 Å². The number of aromatic nitrogens is 1. The predicted octanol–water partition coefficient (Wildman–Crippen LogP) is 4.63. The smallest absolute Gasteiger partial charge is 0.236 e. The van der Waals surface area contributed by atoms with Gasteiger partial charge in [0.2, 0.25) is 5.91 Å². The predicted molar refractivity (Wildman–Crippen MR) is 97.2 cm³/mol. The summed E-state index contributed by atoms with van der Waals surface area (Å²) < 4.78 is 6.15. The molecule has 1 saturated carbocycles. The van der Waals surface area contributed by atoms with Gasteiger partial charge in [0.1, 0.15) is 5.75 Å². The lowest BCUT2D eigenvalue weighted by Gasteiger charge is -2.15. The van der Waals surface area contributed by atoms with Gasteiger partial charge in [-0.25, -0.2) is 4.98 Å². The highest BCUT2D eigenvalue weighted by atomic mass is 35.5. The van der Waals surface area contributed by atoms with E-state index in [1.807, 2.05) is 36.4 Å². The van der Waals surface area contributed by atoms with Crippen molar-refractivity contribution in [1.29, 1.82) is 0 Å². The minimum atomic E-state index is -0.443. The number of carbonyl (C=O) groups excluding carboxylic acids is 1. The molecular formula is C18H15ClN2O2S. The van der Waals surface area contributed by atoms with E-state index in [-0.39, 0.29) is 5.91 Å². The van der Waals surface area contributed by atoms with Crippen molar-refractivity contribution in [3.05, 3.63) is 53.1 Å². The van der Waals surface area contributed by atoms with E-state index in [1.54, 1.807) is 13.2 Å². The Kier molecular flexibility index (Phi) is 3.70. The SMILES string of the molecule is COc1ccc(C2(C(=O)Nc3nc4ccc(Cl)cc4s3)CC2)cc1. The number of rotatable bonds is 4. The summed E-state index contributed by atoms with van der Waals surface area (Å²) in [6.07, 6.45) is 1.70. The monoisotopic (exact) mass is 358 g/mol. The molecule has 4 rings (SSSR count).